The molecule has 72 heavy (non-hydrogen) atoms. The standard InChI is InChI=1S/C67H116O5/c1-4-7-10-13-16-19-22-25-28-31-33-35-38-41-44-47-50-53-56-59-62-70-63-65(72-67(69)61-58-55-52-49-46-43-40-36-30-27-24-21-18-15-12-9-6-3)64-71-66(68)60-57-54-51-48-45-42-39-37-34-32-29-26-23-20-17-14-11-8-5-2/h7,10,16-21,25-30,33,35,65H,4-6,8-9,11-15,22-24,31-32,34,36-64H2,1-3H3/b10-7-,19-16-,20-17-,21-18-,28-25-,29-26-,30-27-,35-33-. The lowest BCUT2D eigenvalue weighted by Gasteiger charge is -2.18. The molecular formula is C67H116O5. The molecule has 414 valence electrons. The van der Waals surface area contributed by atoms with Gasteiger partial charge in [0.05, 0.1) is 6.61 Å². The monoisotopic (exact) mass is 1000 g/mol. The van der Waals surface area contributed by atoms with E-state index in [4.69, 9.17) is 14.2 Å². The van der Waals surface area contributed by atoms with E-state index in [1.54, 1.807) is 0 Å². The van der Waals surface area contributed by atoms with Crippen molar-refractivity contribution in [1.29, 1.82) is 0 Å². The Balaban J connectivity index is 4.32. The zero-order valence-corrected chi connectivity index (χ0v) is 47.7. The van der Waals surface area contributed by atoms with Gasteiger partial charge in [-0.3, -0.25) is 9.59 Å². The number of allylic oxidation sites excluding steroid dienone is 16. The van der Waals surface area contributed by atoms with Gasteiger partial charge in [-0.2, -0.15) is 0 Å². The van der Waals surface area contributed by atoms with E-state index in [0.717, 1.165) is 89.9 Å². The maximum atomic E-state index is 12.9. The zero-order chi connectivity index (χ0) is 52.0. The van der Waals surface area contributed by atoms with Crippen molar-refractivity contribution < 1.29 is 23.8 Å². The van der Waals surface area contributed by atoms with Crippen LogP contribution in [0.5, 0.6) is 0 Å². The van der Waals surface area contributed by atoms with E-state index in [1.165, 1.54) is 167 Å². The Labute approximate surface area is 447 Å². The summed E-state index contributed by atoms with van der Waals surface area (Å²) in [6.07, 6.45) is 84.3. The first kappa shape index (κ1) is 68.8. The van der Waals surface area contributed by atoms with Gasteiger partial charge in [-0.05, 0) is 122 Å². The van der Waals surface area contributed by atoms with Crippen LogP contribution < -0.4 is 0 Å². The van der Waals surface area contributed by atoms with Crippen LogP contribution in [0.2, 0.25) is 0 Å². The predicted octanol–water partition coefficient (Wildman–Crippen LogP) is 21.4. The summed E-state index contributed by atoms with van der Waals surface area (Å²) >= 11 is 0. The van der Waals surface area contributed by atoms with Gasteiger partial charge in [-0.1, -0.05) is 253 Å². The molecule has 0 rings (SSSR count). The van der Waals surface area contributed by atoms with Crippen LogP contribution >= 0.6 is 0 Å². The quantitative estimate of drug-likeness (QED) is 0.0345. The van der Waals surface area contributed by atoms with Gasteiger partial charge in [-0.25, -0.2) is 0 Å². The fourth-order valence-electron chi connectivity index (χ4n) is 8.50. The molecule has 0 bridgehead atoms. The average molecular weight is 1000 g/mol. The second-order valence-corrected chi connectivity index (χ2v) is 20.2. The molecule has 1 unspecified atom stereocenters. The van der Waals surface area contributed by atoms with Crippen LogP contribution in [0.15, 0.2) is 97.2 Å². The van der Waals surface area contributed by atoms with Gasteiger partial charge < -0.3 is 14.2 Å². The molecule has 0 spiro atoms. The van der Waals surface area contributed by atoms with Gasteiger partial charge in [0, 0.05) is 19.4 Å². The summed E-state index contributed by atoms with van der Waals surface area (Å²) in [5.74, 6) is -0.412. The van der Waals surface area contributed by atoms with E-state index in [0.29, 0.717) is 19.4 Å². The average Bonchev–Trinajstić information content (AvgIpc) is 3.38. The second-order valence-electron chi connectivity index (χ2n) is 20.2. The van der Waals surface area contributed by atoms with E-state index in [9.17, 15) is 9.59 Å². The first-order valence-corrected chi connectivity index (χ1v) is 30.8. The molecular weight excluding hydrogens is 885 g/mol. The highest BCUT2D eigenvalue weighted by Crippen LogP contribution is 2.15. The van der Waals surface area contributed by atoms with Crippen molar-refractivity contribution in [2.24, 2.45) is 0 Å². The Morgan fingerprint density at radius 2 is 0.625 bits per heavy atom. The van der Waals surface area contributed by atoms with Crippen molar-refractivity contribution in [2.45, 2.75) is 297 Å². The van der Waals surface area contributed by atoms with Gasteiger partial charge in [0.25, 0.3) is 0 Å². The maximum absolute atomic E-state index is 12.9. The molecule has 0 aromatic rings. The van der Waals surface area contributed by atoms with Gasteiger partial charge in [-0.15, -0.1) is 0 Å². The number of unbranched alkanes of at least 4 members (excludes halogenated alkanes) is 29. The first-order chi connectivity index (χ1) is 35.6. The molecule has 5 heteroatoms. The van der Waals surface area contributed by atoms with E-state index >= 15 is 0 Å². The second kappa shape index (κ2) is 62.1. The molecule has 0 amide bonds. The summed E-state index contributed by atoms with van der Waals surface area (Å²) in [6, 6.07) is 0. The Hall–Kier alpha value is -3.18. The molecule has 0 fully saturated rings. The number of rotatable bonds is 56. The highest BCUT2D eigenvalue weighted by atomic mass is 16.6. The molecule has 0 aliphatic carbocycles. The number of esters is 2. The normalized spacial score (nSPS) is 12.9. The Kier molecular flexibility index (Phi) is 59.4. The largest absolute Gasteiger partial charge is 0.462 e. The topological polar surface area (TPSA) is 61.8 Å². The lowest BCUT2D eigenvalue weighted by molar-refractivity contribution is -0.163. The van der Waals surface area contributed by atoms with E-state index in [1.807, 2.05) is 0 Å². The number of carbonyl (C=O) groups is 2. The molecule has 0 radical (unpaired) electrons. The van der Waals surface area contributed by atoms with E-state index < -0.39 is 6.10 Å². The maximum Gasteiger partial charge on any atom is 0.306 e. The van der Waals surface area contributed by atoms with E-state index in [-0.39, 0.29) is 25.2 Å². The lowest BCUT2D eigenvalue weighted by atomic mass is 10.1. The molecule has 0 aromatic carbocycles. The van der Waals surface area contributed by atoms with Crippen LogP contribution in [0.3, 0.4) is 0 Å². The number of hydrogen-bond acceptors (Lipinski definition) is 5. The van der Waals surface area contributed by atoms with Gasteiger partial charge in [0.15, 0.2) is 6.10 Å². The number of carbonyl (C=O) groups excluding carboxylic acids is 2. The van der Waals surface area contributed by atoms with Gasteiger partial charge in [0.2, 0.25) is 0 Å². The van der Waals surface area contributed by atoms with Crippen LogP contribution in [0.25, 0.3) is 0 Å². The highest BCUT2D eigenvalue weighted by molar-refractivity contribution is 5.70. The SMILES string of the molecule is CC/C=C\C/C=C\C/C=C\C/C=C\CCCCCCCCCOCC(COC(=O)CCCCCCCCCCC/C=C\C/C=C\CCCCC)OC(=O)CCCCCCCCC/C=C\C/C=C\CCCCC. The lowest BCUT2D eigenvalue weighted by Crippen LogP contribution is -2.30. The predicted molar refractivity (Wildman–Crippen MR) is 316 cm³/mol. The summed E-state index contributed by atoms with van der Waals surface area (Å²) < 4.78 is 17.5. The van der Waals surface area contributed by atoms with Crippen molar-refractivity contribution in [3.05, 3.63) is 97.2 Å². The fourth-order valence-corrected chi connectivity index (χ4v) is 8.50. The minimum atomic E-state index is -0.555. The summed E-state index contributed by atoms with van der Waals surface area (Å²) in [6.45, 7) is 7.66. The summed E-state index contributed by atoms with van der Waals surface area (Å²) in [7, 11) is 0. The van der Waals surface area contributed by atoms with Gasteiger partial charge in [0.1, 0.15) is 6.61 Å². The number of ether oxygens (including phenoxy) is 3. The van der Waals surface area contributed by atoms with Crippen LogP contribution in [-0.2, 0) is 23.8 Å². The fraction of sp³-hybridized carbons (Fsp3) is 0.731. The number of hydrogen-bond donors (Lipinski definition) is 0. The molecule has 0 aliphatic heterocycles. The molecule has 0 saturated carbocycles. The van der Waals surface area contributed by atoms with Crippen LogP contribution in [0.4, 0.5) is 0 Å². The van der Waals surface area contributed by atoms with Crippen molar-refractivity contribution in [1.82, 2.24) is 0 Å². The van der Waals surface area contributed by atoms with Crippen molar-refractivity contribution in [2.75, 3.05) is 19.8 Å². The third-order valence-electron chi connectivity index (χ3n) is 13.1. The molecule has 0 aromatic heterocycles. The molecule has 1 atom stereocenters. The third kappa shape index (κ3) is 59.4. The van der Waals surface area contributed by atoms with Crippen molar-refractivity contribution in [3.8, 4) is 0 Å². The minimum absolute atomic E-state index is 0.0718. The third-order valence-corrected chi connectivity index (χ3v) is 13.1. The molecule has 0 aliphatic rings. The first-order valence-electron chi connectivity index (χ1n) is 30.8. The van der Waals surface area contributed by atoms with Crippen molar-refractivity contribution >= 4 is 11.9 Å². The zero-order valence-electron chi connectivity index (χ0n) is 47.7. The van der Waals surface area contributed by atoms with Crippen LogP contribution in [0, 0.1) is 0 Å². The molecule has 0 saturated heterocycles. The molecule has 5 nitrogen and oxygen atoms in total. The van der Waals surface area contributed by atoms with Crippen LogP contribution in [-0.4, -0.2) is 37.9 Å². The van der Waals surface area contributed by atoms with Gasteiger partial charge >= 0.3 is 11.9 Å². The summed E-state index contributed by atoms with van der Waals surface area (Å²) in [5.41, 5.74) is 0. The van der Waals surface area contributed by atoms with E-state index in [2.05, 4.69) is 118 Å². The minimum Gasteiger partial charge on any atom is -0.462 e. The Morgan fingerprint density at radius 3 is 1.00 bits per heavy atom. The molecule has 0 heterocycles. The Morgan fingerprint density at radius 1 is 0.319 bits per heavy atom. The smallest absolute Gasteiger partial charge is 0.306 e. The molecule has 0 N–H and O–H groups in total. The summed E-state index contributed by atoms with van der Waals surface area (Å²) in [4.78, 5) is 25.6. The van der Waals surface area contributed by atoms with Crippen molar-refractivity contribution in [3.63, 3.8) is 0 Å². The Bertz CT molecular complexity index is 1360. The highest BCUT2D eigenvalue weighted by Gasteiger charge is 2.17. The summed E-state index contributed by atoms with van der Waals surface area (Å²) in [5, 5.41) is 0. The van der Waals surface area contributed by atoms with Crippen LogP contribution in [0.1, 0.15) is 290 Å².